The second-order valence-corrected chi connectivity index (χ2v) is 7.22. The number of nitrogens with one attached hydrogen (secondary N) is 1. The first-order valence-electron chi connectivity index (χ1n) is 10.2. The maximum Gasteiger partial charge on any atom is 0.573 e. The van der Waals surface area contributed by atoms with Crippen molar-refractivity contribution in [1.29, 1.82) is 0 Å². The molecule has 1 heterocycles. The number of benzene rings is 2. The average molecular weight is 496 g/mol. The molecule has 0 aliphatic carbocycles. The number of halogens is 5. The Bertz CT molecular complexity index is 828. The molecule has 180 valence electrons. The highest BCUT2D eigenvalue weighted by molar-refractivity contribution is 5.85. The molecule has 1 saturated heterocycles. The van der Waals surface area contributed by atoms with Gasteiger partial charge in [-0.1, -0.05) is 18.2 Å². The van der Waals surface area contributed by atoms with Gasteiger partial charge < -0.3 is 20.1 Å². The van der Waals surface area contributed by atoms with Crippen molar-refractivity contribution < 1.29 is 23.0 Å². The zero-order valence-electron chi connectivity index (χ0n) is 18.1. The van der Waals surface area contributed by atoms with Crippen molar-refractivity contribution in [2.24, 2.45) is 0 Å². The molecule has 5 nitrogen and oxygen atoms in total. The standard InChI is InChI=1S/C22H28F3N3O2.2ClH/c1-3-27(4-2)17-7-10-19(20(29)15-17)21(28-13-11-26-12-14-28)16-5-8-18(9-6-16)30-22(23,24)25;;/h5-10,15,21,26,29H,3-4,11-14H2,1-2H3;2*1H/t21-;;/m1../s1. The summed E-state index contributed by atoms with van der Waals surface area (Å²) in [7, 11) is 0. The molecule has 2 aromatic rings. The summed E-state index contributed by atoms with van der Waals surface area (Å²) in [5.41, 5.74) is 2.48. The van der Waals surface area contributed by atoms with Crippen LogP contribution in [0.5, 0.6) is 11.5 Å². The number of phenols is 1. The van der Waals surface area contributed by atoms with Gasteiger partial charge in [-0.25, -0.2) is 0 Å². The molecule has 1 atom stereocenters. The van der Waals surface area contributed by atoms with Gasteiger partial charge in [0, 0.05) is 56.6 Å². The van der Waals surface area contributed by atoms with Gasteiger partial charge in [0.2, 0.25) is 0 Å². The van der Waals surface area contributed by atoms with Gasteiger partial charge in [0.1, 0.15) is 11.5 Å². The molecule has 0 spiro atoms. The molecule has 1 fully saturated rings. The molecule has 0 bridgehead atoms. The molecule has 32 heavy (non-hydrogen) atoms. The molecule has 1 aliphatic heterocycles. The summed E-state index contributed by atoms with van der Waals surface area (Å²) in [5, 5.41) is 14.2. The normalized spacial score (nSPS) is 15.3. The fourth-order valence-electron chi connectivity index (χ4n) is 3.93. The largest absolute Gasteiger partial charge is 0.573 e. The van der Waals surface area contributed by atoms with Gasteiger partial charge in [-0.3, -0.25) is 4.90 Å². The highest BCUT2D eigenvalue weighted by Gasteiger charge is 2.31. The Labute approximate surface area is 199 Å². The van der Waals surface area contributed by atoms with Gasteiger partial charge in [-0.05, 0) is 37.6 Å². The van der Waals surface area contributed by atoms with E-state index in [9.17, 15) is 18.3 Å². The molecule has 0 unspecified atom stereocenters. The van der Waals surface area contributed by atoms with Crippen molar-refractivity contribution in [2.75, 3.05) is 44.2 Å². The van der Waals surface area contributed by atoms with Crippen molar-refractivity contribution in [2.45, 2.75) is 26.3 Å². The minimum absolute atomic E-state index is 0. The van der Waals surface area contributed by atoms with E-state index in [1.807, 2.05) is 12.1 Å². The number of ether oxygens (including phenoxy) is 1. The van der Waals surface area contributed by atoms with E-state index in [0.29, 0.717) is 0 Å². The average Bonchev–Trinajstić information content (AvgIpc) is 2.71. The summed E-state index contributed by atoms with van der Waals surface area (Å²) < 4.78 is 41.5. The summed E-state index contributed by atoms with van der Waals surface area (Å²) in [4.78, 5) is 4.37. The summed E-state index contributed by atoms with van der Waals surface area (Å²) >= 11 is 0. The fraction of sp³-hybridized carbons (Fsp3) is 0.455. The molecule has 1 aliphatic rings. The first-order valence-corrected chi connectivity index (χ1v) is 10.2. The number of alkyl halides is 3. The Morgan fingerprint density at radius 2 is 1.62 bits per heavy atom. The van der Waals surface area contributed by atoms with Crippen molar-refractivity contribution in [3.05, 3.63) is 53.6 Å². The van der Waals surface area contributed by atoms with E-state index < -0.39 is 6.36 Å². The zero-order valence-corrected chi connectivity index (χ0v) is 19.7. The van der Waals surface area contributed by atoms with Crippen molar-refractivity contribution in [3.8, 4) is 11.5 Å². The molecule has 0 radical (unpaired) electrons. The highest BCUT2D eigenvalue weighted by atomic mass is 35.5. The van der Waals surface area contributed by atoms with Crippen LogP contribution >= 0.6 is 24.8 Å². The summed E-state index contributed by atoms with van der Waals surface area (Å²) in [6.07, 6.45) is -4.72. The lowest BCUT2D eigenvalue weighted by molar-refractivity contribution is -0.274. The monoisotopic (exact) mass is 495 g/mol. The van der Waals surface area contributed by atoms with Gasteiger partial charge in [0.15, 0.2) is 0 Å². The predicted octanol–water partition coefficient (Wildman–Crippen LogP) is 4.98. The number of rotatable bonds is 7. The third-order valence-electron chi connectivity index (χ3n) is 5.38. The van der Waals surface area contributed by atoms with Gasteiger partial charge >= 0.3 is 6.36 Å². The van der Waals surface area contributed by atoms with E-state index >= 15 is 0 Å². The van der Waals surface area contributed by atoms with Crippen LogP contribution in [0.15, 0.2) is 42.5 Å². The van der Waals surface area contributed by atoms with E-state index in [-0.39, 0.29) is 42.4 Å². The zero-order chi connectivity index (χ0) is 21.7. The third-order valence-corrected chi connectivity index (χ3v) is 5.38. The van der Waals surface area contributed by atoms with Gasteiger partial charge in [-0.15, -0.1) is 38.0 Å². The van der Waals surface area contributed by atoms with E-state index in [1.165, 1.54) is 12.1 Å². The van der Waals surface area contributed by atoms with Gasteiger partial charge in [-0.2, -0.15) is 0 Å². The maximum absolute atomic E-state index is 12.5. The van der Waals surface area contributed by atoms with E-state index in [4.69, 9.17) is 0 Å². The Hall–Kier alpha value is -1.87. The quantitative estimate of drug-likeness (QED) is 0.567. The van der Waals surface area contributed by atoms with Crippen LogP contribution in [0, 0.1) is 0 Å². The molecule has 2 aromatic carbocycles. The second-order valence-electron chi connectivity index (χ2n) is 7.22. The molecule has 2 N–H and O–H groups in total. The van der Waals surface area contributed by atoms with Crippen LogP contribution < -0.4 is 15.0 Å². The number of hydrogen-bond donors (Lipinski definition) is 2. The number of anilines is 1. The van der Waals surface area contributed by atoms with Crippen molar-refractivity contribution >= 4 is 30.5 Å². The minimum atomic E-state index is -4.72. The summed E-state index contributed by atoms with van der Waals surface area (Å²) in [6.45, 7) is 8.93. The number of nitrogens with zero attached hydrogens (tertiary/aromatic N) is 2. The molecule has 0 saturated carbocycles. The lowest BCUT2D eigenvalue weighted by Gasteiger charge is -2.36. The predicted molar refractivity (Wildman–Crippen MR) is 126 cm³/mol. The molecule has 10 heteroatoms. The maximum atomic E-state index is 12.5. The van der Waals surface area contributed by atoms with Gasteiger partial charge in [0.05, 0.1) is 6.04 Å². The lowest BCUT2D eigenvalue weighted by Crippen LogP contribution is -2.45. The smallest absolute Gasteiger partial charge is 0.508 e. The molecule has 0 aromatic heterocycles. The molecule has 0 amide bonds. The van der Waals surface area contributed by atoms with Crippen LogP contribution in [0.1, 0.15) is 31.0 Å². The second kappa shape index (κ2) is 12.4. The number of hydrogen-bond acceptors (Lipinski definition) is 5. The number of aromatic hydroxyl groups is 1. The highest BCUT2D eigenvalue weighted by Crippen LogP contribution is 2.37. The molecular weight excluding hydrogens is 466 g/mol. The number of piperazine rings is 1. The Morgan fingerprint density at radius 3 is 2.12 bits per heavy atom. The van der Waals surface area contributed by atoms with E-state index in [2.05, 4.69) is 33.7 Å². The lowest BCUT2D eigenvalue weighted by atomic mass is 9.95. The van der Waals surface area contributed by atoms with Gasteiger partial charge in [0.25, 0.3) is 0 Å². The SMILES string of the molecule is CCN(CC)c1ccc([C@@H](c2ccc(OC(F)(F)F)cc2)N2CCNCC2)c(O)c1.Cl.Cl. The van der Waals surface area contributed by atoms with E-state index in [0.717, 1.165) is 56.1 Å². The van der Waals surface area contributed by atoms with Crippen LogP contribution in [0.3, 0.4) is 0 Å². The first-order chi connectivity index (χ1) is 14.3. The van der Waals surface area contributed by atoms with Crippen LogP contribution in [-0.4, -0.2) is 55.6 Å². The Morgan fingerprint density at radius 1 is 1.03 bits per heavy atom. The third kappa shape index (κ3) is 7.07. The summed E-state index contributed by atoms with van der Waals surface area (Å²) in [6, 6.07) is 11.3. The van der Waals surface area contributed by atoms with Crippen LogP contribution in [-0.2, 0) is 0 Å². The number of phenolic OH excluding ortho intramolecular Hbond substituents is 1. The molecule has 3 rings (SSSR count). The van der Waals surface area contributed by atoms with Crippen LogP contribution in [0.25, 0.3) is 0 Å². The van der Waals surface area contributed by atoms with E-state index in [1.54, 1.807) is 18.2 Å². The fourth-order valence-corrected chi connectivity index (χ4v) is 3.93. The Kier molecular flexibility index (Phi) is 10.9. The van der Waals surface area contributed by atoms with Crippen LogP contribution in [0.4, 0.5) is 18.9 Å². The van der Waals surface area contributed by atoms with Crippen molar-refractivity contribution in [1.82, 2.24) is 10.2 Å². The van der Waals surface area contributed by atoms with Crippen LogP contribution in [0.2, 0.25) is 0 Å². The minimum Gasteiger partial charge on any atom is -0.508 e. The van der Waals surface area contributed by atoms with Crippen molar-refractivity contribution in [3.63, 3.8) is 0 Å². The Balaban J connectivity index is 0.00000256. The summed E-state index contributed by atoms with van der Waals surface area (Å²) in [5.74, 6) is -0.0787. The first kappa shape index (κ1) is 28.2. The topological polar surface area (TPSA) is 48.0 Å². The molecular formula is C22H30Cl2F3N3O2.